The number of amides is 2. The van der Waals surface area contributed by atoms with E-state index in [2.05, 4.69) is 5.32 Å². The van der Waals surface area contributed by atoms with Gasteiger partial charge in [0.15, 0.2) is 0 Å². The SMILES string of the molecule is CCN(CC)C(=O)CN(C)CC(=O)Nc1cc(S(=O)(=O)N2CCCCC2)ccc1OC(C)C. The Bertz CT molecular complexity index is 909. The van der Waals surface area contributed by atoms with Crippen molar-refractivity contribution in [3.8, 4) is 5.75 Å². The predicted molar refractivity (Wildman–Crippen MR) is 129 cm³/mol. The summed E-state index contributed by atoms with van der Waals surface area (Å²) in [5.41, 5.74) is 0.301. The van der Waals surface area contributed by atoms with Crippen LogP contribution in [0.15, 0.2) is 23.1 Å². The van der Waals surface area contributed by atoms with Crippen LogP contribution in [0.5, 0.6) is 5.75 Å². The fraction of sp³-hybridized carbons (Fsp3) is 0.652. The summed E-state index contributed by atoms with van der Waals surface area (Å²) >= 11 is 0. The summed E-state index contributed by atoms with van der Waals surface area (Å²) in [6, 6.07) is 4.56. The summed E-state index contributed by atoms with van der Waals surface area (Å²) < 4.78 is 33.5. The van der Waals surface area contributed by atoms with Crippen molar-refractivity contribution >= 4 is 27.5 Å². The molecule has 1 aliphatic rings. The summed E-state index contributed by atoms with van der Waals surface area (Å²) in [7, 11) is -1.96. The number of rotatable bonds is 11. The van der Waals surface area contributed by atoms with E-state index in [1.807, 2.05) is 27.7 Å². The monoisotopic (exact) mass is 482 g/mol. The molecular formula is C23H38N4O5S. The van der Waals surface area contributed by atoms with Gasteiger partial charge in [0.25, 0.3) is 0 Å². The van der Waals surface area contributed by atoms with E-state index in [1.54, 1.807) is 22.9 Å². The van der Waals surface area contributed by atoms with Gasteiger partial charge in [-0.3, -0.25) is 14.5 Å². The van der Waals surface area contributed by atoms with Gasteiger partial charge in [0.05, 0.1) is 29.8 Å². The summed E-state index contributed by atoms with van der Waals surface area (Å²) in [5, 5.41) is 2.78. The molecule has 1 heterocycles. The largest absolute Gasteiger partial charge is 0.489 e. The third kappa shape index (κ3) is 7.68. The molecule has 1 aromatic rings. The highest BCUT2D eigenvalue weighted by atomic mass is 32.2. The van der Waals surface area contributed by atoms with Gasteiger partial charge in [-0.15, -0.1) is 0 Å². The minimum absolute atomic E-state index is 0.0166. The first kappa shape index (κ1) is 27.1. The second-order valence-corrected chi connectivity index (χ2v) is 10.5. The van der Waals surface area contributed by atoms with E-state index in [0.717, 1.165) is 19.3 Å². The fourth-order valence-corrected chi connectivity index (χ4v) is 5.32. The maximum atomic E-state index is 13.1. The Morgan fingerprint density at radius 1 is 1.09 bits per heavy atom. The number of nitrogens with zero attached hydrogens (tertiary/aromatic N) is 3. The predicted octanol–water partition coefficient (Wildman–Crippen LogP) is 2.39. The number of nitrogens with one attached hydrogen (secondary N) is 1. The zero-order chi connectivity index (χ0) is 24.6. The quantitative estimate of drug-likeness (QED) is 0.520. The van der Waals surface area contributed by atoms with E-state index in [9.17, 15) is 18.0 Å². The molecule has 1 N–H and O–H groups in total. The van der Waals surface area contributed by atoms with Crippen LogP contribution in [0, 0.1) is 0 Å². The van der Waals surface area contributed by atoms with Crippen LogP contribution in [0.1, 0.15) is 47.0 Å². The van der Waals surface area contributed by atoms with Gasteiger partial charge in [0.2, 0.25) is 21.8 Å². The van der Waals surface area contributed by atoms with Gasteiger partial charge in [0.1, 0.15) is 5.75 Å². The number of likely N-dealkylation sites (N-methyl/N-ethyl adjacent to an activating group) is 2. The van der Waals surface area contributed by atoms with Gasteiger partial charge in [-0.05, 0) is 65.8 Å². The Balaban J connectivity index is 2.18. The zero-order valence-corrected chi connectivity index (χ0v) is 21.3. The summed E-state index contributed by atoms with van der Waals surface area (Å²) in [6.07, 6.45) is 2.56. The molecule has 0 spiro atoms. The lowest BCUT2D eigenvalue weighted by Gasteiger charge is -2.26. The molecule has 0 atom stereocenters. The van der Waals surface area contributed by atoms with Crippen LogP contribution in [0.3, 0.4) is 0 Å². The first-order chi connectivity index (χ1) is 15.6. The summed E-state index contributed by atoms with van der Waals surface area (Å²) in [6.45, 7) is 9.87. The molecule has 1 aromatic carbocycles. The van der Waals surface area contributed by atoms with Gasteiger partial charge >= 0.3 is 0 Å². The van der Waals surface area contributed by atoms with E-state index in [-0.39, 0.29) is 35.9 Å². The van der Waals surface area contributed by atoms with Gasteiger partial charge in [-0.2, -0.15) is 4.31 Å². The van der Waals surface area contributed by atoms with E-state index in [4.69, 9.17) is 4.74 Å². The van der Waals surface area contributed by atoms with Crippen molar-refractivity contribution in [2.75, 3.05) is 51.6 Å². The Morgan fingerprint density at radius 2 is 1.73 bits per heavy atom. The third-order valence-corrected chi connectivity index (χ3v) is 7.37. The molecule has 0 saturated carbocycles. The number of anilines is 1. The van der Waals surface area contributed by atoms with Crippen molar-refractivity contribution < 1.29 is 22.7 Å². The smallest absolute Gasteiger partial charge is 0.243 e. The van der Waals surface area contributed by atoms with Crippen molar-refractivity contribution in [3.05, 3.63) is 18.2 Å². The molecule has 0 unspecified atom stereocenters. The number of carbonyl (C=O) groups excluding carboxylic acids is 2. The van der Waals surface area contributed by atoms with Crippen molar-refractivity contribution in [3.63, 3.8) is 0 Å². The lowest BCUT2D eigenvalue weighted by atomic mass is 10.2. The molecule has 2 amide bonds. The molecular weight excluding hydrogens is 444 g/mol. The first-order valence-electron chi connectivity index (χ1n) is 11.7. The van der Waals surface area contributed by atoms with Gasteiger partial charge in [-0.25, -0.2) is 8.42 Å². The van der Waals surface area contributed by atoms with Crippen LogP contribution in [0.25, 0.3) is 0 Å². The van der Waals surface area contributed by atoms with Gasteiger partial charge in [0, 0.05) is 26.2 Å². The lowest BCUT2D eigenvalue weighted by molar-refractivity contribution is -0.132. The number of hydrogen-bond donors (Lipinski definition) is 1. The first-order valence-corrected chi connectivity index (χ1v) is 13.1. The maximum absolute atomic E-state index is 13.1. The minimum atomic E-state index is -3.65. The molecule has 0 radical (unpaired) electrons. The zero-order valence-electron chi connectivity index (χ0n) is 20.5. The number of carbonyl (C=O) groups is 2. The summed E-state index contributed by atoms with van der Waals surface area (Å²) in [5.74, 6) is -0.00228. The molecule has 9 nitrogen and oxygen atoms in total. The van der Waals surface area contributed by atoms with E-state index >= 15 is 0 Å². The van der Waals surface area contributed by atoms with Crippen LogP contribution in [-0.2, 0) is 19.6 Å². The second-order valence-electron chi connectivity index (χ2n) is 8.58. The van der Waals surface area contributed by atoms with E-state index in [0.29, 0.717) is 37.6 Å². The van der Waals surface area contributed by atoms with Crippen LogP contribution in [0.4, 0.5) is 5.69 Å². The molecule has 0 aliphatic carbocycles. The molecule has 186 valence electrons. The topological polar surface area (TPSA) is 99.3 Å². The normalized spacial score (nSPS) is 15.0. The maximum Gasteiger partial charge on any atom is 0.243 e. The average molecular weight is 483 g/mol. The van der Waals surface area contributed by atoms with Crippen LogP contribution >= 0.6 is 0 Å². The average Bonchev–Trinajstić information content (AvgIpc) is 2.75. The van der Waals surface area contributed by atoms with Gasteiger partial charge < -0.3 is 15.0 Å². The Hall–Kier alpha value is -2.17. The highest BCUT2D eigenvalue weighted by molar-refractivity contribution is 7.89. The number of ether oxygens (including phenoxy) is 1. The molecule has 1 aliphatic heterocycles. The standard InChI is InChI=1S/C23H38N4O5S/c1-6-26(7-2)23(29)17-25(5)16-22(28)24-20-15-19(11-12-21(20)32-18(3)4)33(30,31)27-13-9-8-10-14-27/h11-12,15,18H,6-10,13-14,16-17H2,1-5H3,(H,24,28). The molecule has 10 heteroatoms. The fourth-order valence-electron chi connectivity index (χ4n) is 3.78. The third-order valence-electron chi connectivity index (χ3n) is 5.48. The molecule has 2 rings (SSSR count). The number of piperidine rings is 1. The minimum Gasteiger partial charge on any atom is -0.489 e. The Kier molecular flexibility index (Phi) is 10.1. The van der Waals surface area contributed by atoms with Crippen LogP contribution in [0.2, 0.25) is 0 Å². The number of benzene rings is 1. The Labute approximate surface area is 198 Å². The van der Waals surface area contributed by atoms with Gasteiger partial charge in [-0.1, -0.05) is 6.42 Å². The lowest BCUT2D eigenvalue weighted by Crippen LogP contribution is -2.41. The van der Waals surface area contributed by atoms with Crippen LogP contribution in [-0.4, -0.2) is 86.8 Å². The second kappa shape index (κ2) is 12.3. The van der Waals surface area contributed by atoms with Crippen molar-refractivity contribution in [1.29, 1.82) is 0 Å². The molecule has 0 aromatic heterocycles. The highest BCUT2D eigenvalue weighted by Gasteiger charge is 2.27. The molecule has 1 fully saturated rings. The van der Waals surface area contributed by atoms with Crippen LogP contribution < -0.4 is 10.1 Å². The van der Waals surface area contributed by atoms with E-state index in [1.165, 1.54) is 16.4 Å². The molecule has 0 bridgehead atoms. The molecule has 33 heavy (non-hydrogen) atoms. The highest BCUT2D eigenvalue weighted by Crippen LogP contribution is 2.31. The number of hydrogen-bond acceptors (Lipinski definition) is 6. The van der Waals surface area contributed by atoms with Crippen molar-refractivity contribution in [2.45, 2.75) is 58.0 Å². The summed E-state index contributed by atoms with van der Waals surface area (Å²) in [4.78, 5) is 28.5. The molecule has 1 saturated heterocycles. The van der Waals surface area contributed by atoms with E-state index < -0.39 is 10.0 Å². The van der Waals surface area contributed by atoms with Crippen molar-refractivity contribution in [2.24, 2.45) is 0 Å². The number of sulfonamides is 1. The Morgan fingerprint density at radius 3 is 2.30 bits per heavy atom. The van der Waals surface area contributed by atoms with Crippen molar-refractivity contribution in [1.82, 2.24) is 14.1 Å².